The third kappa shape index (κ3) is 4.49. The summed E-state index contributed by atoms with van der Waals surface area (Å²) >= 11 is 0. The van der Waals surface area contributed by atoms with Gasteiger partial charge in [0.25, 0.3) is 5.91 Å². The van der Waals surface area contributed by atoms with Gasteiger partial charge < -0.3 is 15.4 Å². The van der Waals surface area contributed by atoms with E-state index in [1.807, 2.05) is 46.0 Å². The number of aromatic nitrogens is 6. The van der Waals surface area contributed by atoms with E-state index in [-0.39, 0.29) is 24.0 Å². The molecule has 3 atom stereocenters. The van der Waals surface area contributed by atoms with Crippen LogP contribution in [0.25, 0.3) is 16.6 Å². The molecule has 4 heterocycles. The van der Waals surface area contributed by atoms with Crippen LogP contribution < -0.4 is 10.5 Å². The number of amides is 1. The molecule has 1 saturated heterocycles. The van der Waals surface area contributed by atoms with Crippen molar-refractivity contribution in [2.24, 2.45) is 5.92 Å². The van der Waals surface area contributed by atoms with Crippen LogP contribution in [0.15, 0.2) is 73.6 Å². The Kier molecular flexibility index (Phi) is 6.28. The normalized spacial score (nSPS) is 21.3. The topological polar surface area (TPSA) is 125 Å². The number of fused-ring (bicyclic) bond motifs is 1. The third-order valence-electron chi connectivity index (χ3n) is 7.07. The highest BCUT2D eigenvalue weighted by Gasteiger charge is 2.30. The van der Waals surface area contributed by atoms with Gasteiger partial charge in [0.1, 0.15) is 36.0 Å². The minimum Gasteiger partial charge on any atom is -0.486 e. The zero-order valence-corrected chi connectivity index (χ0v) is 21.0. The first-order chi connectivity index (χ1) is 18.6. The highest BCUT2D eigenvalue weighted by Crippen LogP contribution is 2.35. The van der Waals surface area contributed by atoms with Crippen molar-refractivity contribution in [1.29, 1.82) is 0 Å². The molecular weight excluding hydrogens is 480 g/mol. The van der Waals surface area contributed by atoms with Crippen LogP contribution in [-0.4, -0.2) is 59.7 Å². The highest BCUT2D eigenvalue weighted by atomic mass is 16.5. The van der Waals surface area contributed by atoms with Crippen molar-refractivity contribution in [2.75, 3.05) is 18.8 Å². The van der Waals surface area contributed by atoms with Crippen LogP contribution in [-0.2, 0) is 0 Å². The van der Waals surface area contributed by atoms with Crippen LogP contribution in [0.4, 0.5) is 5.82 Å². The number of hydrogen-bond acceptors (Lipinski definition) is 8. The number of piperidine rings is 1. The number of likely N-dealkylation sites (tertiary alicyclic amines) is 1. The lowest BCUT2D eigenvalue weighted by molar-refractivity contribution is 0.0674. The van der Waals surface area contributed by atoms with E-state index >= 15 is 0 Å². The Morgan fingerprint density at radius 2 is 1.92 bits per heavy atom. The lowest BCUT2D eigenvalue weighted by Gasteiger charge is -2.33. The summed E-state index contributed by atoms with van der Waals surface area (Å²) in [5.41, 5.74) is 9.19. The number of rotatable bonds is 5. The number of nitrogen functional groups attached to an aromatic ring is 1. The van der Waals surface area contributed by atoms with Crippen LogP contribution in [0.2, 0.25) is 0 Å². The quantitative estimate of drug-likeness (QED) is 0.433. The number of ether oxygens (including phenoxy) is 1. The first-order valence-corrected chi connectivity index (χ1v) is 12.7. The molecule has 10 nitrogen and oxygen atoms in total. The second kappa shape index (κ2) is 10.0. The average molecular weight is 509 g/mol. The summed E-state index contributed by atoms with van der Waals surface area (Å²) in [5.74, 6) is 1.23. The number of hydrogen-bond donors (Lipinski definition) is 1. The zero-order valence-electron chi connectivity index (χ0n) is 21.0. The van der Waals surface area contributed by atoms with E-state index < -0.39 is 0 Å². The first kappa shape index (κ1) is 23.8. The number of para-hydroxylation sites is 1. The lowest BCUT2D eigenvalue weighted by Crippen LogP contribution is -2.41. The Balaban J connectivity index is 1.30. The Bertz CT molecular complexity index is 1520. The molecule has 2 N–H and O–H groups in total. The third-order valence-corrected chi connectivity index (χ3v) is 7.07. The molecule has 0 spiro atoms. The number of allylic oxidation sites excluding steroid dienone is 2. The van der Waals surface area contributed by atoms with Gasteiger partial charge in [-0.1, -0.05) is 37.3 Å². The summed E-state index contributed by atoms with van der Waals surface area (Å²) in [6.45, 7) is 3.29. The SMILES string of the molecule is CC1C=C(c2nn([C@@H]3CCCN(C(=O)c4cncnc4)C3)c3ncnc(N)c23)C=CC1Oc1ccccc1. The van der Waals surface area contributed by atoms with Crippen molar-refractivity contribution in [3.8, 4) is 5.75 Å². The molecule has 2 aliphatic rings. The van der Waals surface area contributed by atoms with Gasteiger partial charge in [-0.15, -0.1) is 0 Å². The van der Waals surface area contributed by atoms with Crippen LogP contribution in [0.5, 0.6) is 5.75 Å². The maximum atomic E-state index is 13.1. The van der Waals surface area contributed by atoms with E-state index in [4.69, 9.17) is 15.6 Å². The zero-order chi connectivity index (χ0) is 26.1. The predicted molar refractivity (Wildman–Crippen MR) is 143 cm³/mol. The number of carbonyl (C=O) groups is 1. The summed E-state index contributed by atoms with van der Waals surface area (Å²) in [7, 11) is 0. The van der Waals surface area contributed by atoms with Gasteiger partial charge in [-0.3, -0.25) is 4.79 Å². The van der Waals surface area contributed by atoms with Crippen molar-refractivity contribution in [3.05, 3.63) is 84.9 Å². The molecule has 38 heavy (non-hydrogen) atoms. The molecule has 0 bridgehead atoms. The van der Waals surface area contributed by atoms with Gasteiger partial charge in [-0.25, -0.2) is 24.6 Å². The molecule has 4 aromatic rings. The molecule has 0 saturated carbocycles. The molecule has 10 heteroatoms. The number of nitrogens with two attached hydrogens (primary N) is 1. The molecular formula is C28H28N8O2. The second-order valence-electron chi connectivity index (χ2n) is 9.66. The highest BCUT2D eigenvalue weighted by molar-refractivity contribution is 5.98. The summed E-state index contributed by atoms with van der Waals surface area (Å²) in [4.78, 5) is 31.7. The van der Waals surface area contributed by atoms with Gasteiger partial charge in [0.2, 0.25) is 0 Å². The fraction of sp³-hybridized carbons (Fsp3) is 0.286. The van der Waals surface area contributed by atoms with E-state index in [1.54, 1.807) is 12.4 Å². The molecule has 192 valence electrons. The number of carbonyl (C=O) groups excluding carboxylic acids is 1. The van der Waals surface area contributed by atoms with Crippen molar-refractivity contribution in [2.45, 2.75) is 31.9 Å². The number of anilines is 1. The van der Waals surface area contributed by atoms with Crippen molar-refractivity contribution in [1.82, 2.24) is 34.6 Å². The van der Waals surface area contributed by atoms with E-state index in [1.165, 1.54) is 12.7 Å². The smallest absolute Gasteiger partial charge is 0.257 e. The van der Waals surface area contributed by atoms with Gasteiger partial charge in [-0.2, -0.15) is 5.10 Å². The average Bonchev–Trinajstić information content (AvgIpc) is 3.36. The Morgan fingerprint density at radius 1 is 1.11 bits per heavy atom. The van der Waals surface area contributed by atoms with Crippen molar-refractivity contribution < 1.29 is 9.53 Å². The van der Waals surface area contributed by atoms with Gasteiger partial charge >= 0.3 is 0 Å². The molecule has 6 rings (SSSR count). The minimum absolute atomic E-state index is 0.0531. The summed E-state index contributed by atoms with van der Waals surface area (Å²) in [6, 6.07) is 9.75. The summed E-state index contributed by atoms with van der Waals surface area (Å²) in [5, 5.41) is 5.74. The van der Waals surface area contributed by atoms with Gasteiger partial charge in [0.15, 0.2) is 5.65 Å². The van der Waals surface area contributed by atoms with Gasteiger partial charge in [0.05, 0.1) is 17.0 Å². The molecule has 0 radical (unpaired) electrons. The monoisotopic (exact) mass is 508 g/mol. The van der Waals surface area contributed by atoms with E-state index in [2.05, 4.69) is 39.0 Å². The Morgan fingerprint density at radius 3 is 2.71 bits per heavy atom. The van der Waals surface area contributed by atoms with Crippen LogP contribution in [0.1, 0.15) is 41.9 Å². The molecule has 2 unspecified atom stereocenters. The Labute approximate surface area is 219 Å². The molecule has 1 aromatic carbocycles. The van der Waals surface area contributed by atoms with Gasteiger partial charge in [0, 0.05) is 31.4 Å². The molecule has 1 amide bonds. The minimum atomic E-state index is -0.0945. The predicted octanol–water partition coefficient (Wildman–Crippen LogP) is 3.71. The van der Waals surface area contributed by atoms with Gasteiger partial charge in [-0.05, 0) is 36.6 Å². The largest absolute Gasteiger partial charge is 0.486 e. The van der Waals surface area contributed by atoms with Crippen molar-refractivity contribution in [3.63, 3.8) is 0 Å². The molecule has 3 aromatic heterocycles. The first-order valence-electron chi connectivity index (χ1n) is 12.7. The second-order valence-corrected chi connectivity index (χ2v) is 9.66. The molecule has 1 aliphatic carbocycles. The van der Waals surface area contributed by atoms with E-state index in [9.17, 15) is 4.79 Å². The fourth-order valence-corrected chi connectivity index (χ4v) is 5.15. The lowest BCUT2D eigenvalue weighted by atomic mass is 9.93. The fourth-order valence-electron chi connectivity index (χ4n) is 5.15. The summed E-state index contributed by atoms with van der Waals surface area (Å²) in [6.07, 6.45) is 13.8. The van der Waals surface area contributed by atoms with Crippen LogP contribution in [0, 0.1) is 5.92 Å². The van der Waals surface area contributed by atoms with Crippen LogP contribution >= 0.6 is 0 Å². The molecule has 1 aliphatic heterocycles. The standard InChI is InChI=1S/C28H28N8O2/c1-18-12-19(9-10-23(18)38-22-7-3-2-4-8-22)25-24-26(29)32-17-33-27(24)36(34-25)21-6-5-11-35(15-21)28(37)20-13-30-16-31-14-20/h2-4,7-10,12-14,16-18,21,23H,5-6,11,15H2,1H3,(H2,29,32,33)/t18?,21-,23?/m1/s1. The van der Waals surface area contributed by atoms with E-state index in [0.717, 1.165) is 35.2 Å². The Hall–Kier alpha value is -4.60. The molecule has 1 fully saturated rings. The maximum Gasteiger partial charge on any atom is 0.257 e. The van der Waals surface area contributed by atoms with Crippen LogP contribution in [0.3, 0.4) is 0 Å². The van der Waals surface area contributed by atoms with Crippen molar-refractivity contribution >= 4 is 28.3 Å². The number of nitrogens with zero attached hydrogens (tertiary/aromatic N) is 7. The number of benzene rings is 1. The maximum absolute atomic E-state index is 13.1. The summed E-state index contributed by atoms with van der Waals surface area (Å²) < 4.78 is 8.09. The van der Waals surface area contributed by atoms with E-state index in [0.29, 0.717) is 30.1 Å².